The van der Waals surface area contributed by atoms with Crippen LogP contribution in [0.5, 0.6) is 0 Å². The van der Waals surface area contributed by atoms with Crippen molar-refractivity contribution < 1.29 is 9.90 Å². The monoisotopic (exact) mass is 252 g/mol. The molecule has 0 aliphatic heterocycles. The minimum Gasteiger partial charge on any atom is -0.396 e. The summed E-state index contributed by atoms with van der Waals surface area (Å²) in [5.74, 6) is 0.197. The van der Waals surface area contributed by atoms with Crippen LogP contribution in [0.25, 0.3) is 0 Å². The smallest absolute Gasteiger partial charge is 0.315 e. The fourth-order valence-corrected chi connectivity index (χ4v) is 2.94. The minimum absolute atomic E-state index is 0.0681. The number of carbonyl (C=O) groups excluding carboxylic acids is 1. The third kappa shape index (κ3) is 3.48. The molecular weight excluding hydrogens is 228 g/mol. The number of urea groups is 1. The molecule has 2 aliphatic rings. The number of aliphatic hydroxyl groups excluding tert-OH is 1. The molecule has 0 aromatic rings. The maximum absolute atomic E-state index is 11.8. The van der Waals surface area contributed by atoms with Crippen molar-refractivity contribution in [3.05, 3.63) is 12.2 Å². The maximum atomic E-state index is 11.8. The lowest BCUT2D eigenvalue weighted by Gasteiger charge is -2.24. The highest BCUT2D eigenvalue weighted by Crippen LogP contribution is 2.36. The molecule has 0 bridgehead atoms. The molecule has 0 aromatic carbocycles. The van der Waals surface area contributed by atoms with Gasteiger partial charge in [0.1, 0.15) is 0 Å². The van der Waals surface area contributed by atoms with Gasteiger partial charge in [-0.05, 0) is 24.7 Å². The number of hydrogen-bond acceptors (Lipinski definition) is 2. The van der Waals surface area contributed by atoms with Crippen LogP contribution in [0.15, 0.2) is 12.2 Å². The largest absolute Gasteiger partial charge is 0.396 e. The molecule has 1 fully saturated rings. The molecular formula is C14H24N2O2. The molecule has 0 heterocycles. The highest BCUT2D eigenvalue weighted by atomic mass is 16.3. The summed E-state index contributed by atoms with van der Waals surface area (Å²) in [6.07, 6.45) is 9.74. The van der Waals surface area contributed by atoms with E-state index in [1.54, 1.807) is 0 Å². The van der Waals surface area contributed by atoms with Crippen molar-refractivity contribution in [1.29, 1.82) is 0 Å². The molecule has 0 spiro atoms. The van der Waals surface area contributed by atoms with Gasteiger partial charge in [0.15, 0.2) is 0 Å². The Kier molecular flexibility index (Phi) is 4.27. The number of carbonyl (C=O) groups is 1. The van der Waals surface area contributed by atoms with Gasteiger partial charge in [0, 0.05) is 25.1 Å². The van der Waals surface area contributed by atoms with Crippen LogP contribution in [-0.4, -0.2) is 30.3 Å². The Morgan fingerprint density at radius 1 is 1.39 bits per heavy atom. The van der Waals surface area contributed by atoms with Crippen LogP contribution in [0, 0.1) is 11.3 Å². The first-order chi connectivity index (χ1) is 8.61. The Morgan fingerprint density at radius 3 is 2.72 bits per heavy atom. The number of hydrogen-bond donors (Lipinski definition) is 3. The predicted molar refractivity (Wildman–Crippen MR) is 71.2 cm³/mol. The van der Waals surface area contributed by atoms with E-state index >= 15 is 0 Å². The second-order valence-electron chi connectivity index (χ2n) is 6.01. The molecule has 2 atom stereocenters. The molecule has 4 nitrogen and oxygen atoms in total. The molecule has 102 valence electrons. The number of aliphatic hydroxyl groups is 1. The first-order valence-corrected chi connectivity index (χ1v) is 6.95. The molecule has 18 heavy (non-hydrogen) atoms. The lowest BCUT2D eigenvalue weighted by atomic mass is 9.89. The van der Waals surface area contributed by atoms with Gasteiger partial charge in [-0.2, -0.15) is 0 Å². The van der Waals surface area contributed by atoms with Gasteiger partial charge in [-0.15, -0.1) is 0 Å². The van der Waals surface area contributed by atoms with Crippen molar-refractivity contribution in [2.24, 2.45) is 11.3 Å². The van der Waals surface area contributed by atoms with Crippen LogP contribution in [-0.2, 0) is 0 Å². The standard InChI is InChI=1S/C14H24N2O2/c1-14(6-2-3-7-14)10-15-13(18)16-12-5-4-11(8-12)9-17/h4-5,11-12,17H,2-3,6-10H2,1H3,(H2,15,16,18)/t11-,12+/m0/s1. The summed E-state index contributed by atoms with van der Waals surface area (Å²) in [5.41, 5.74) is 0.288. The van der Waals surface area contributed by atoms with E-state index in [1.807, 2.05) is 12.2 Å². The van der Waals surface area contributed by atoms with Crippen molar-refractivity contribution in [3.63, 3.8) is 0 Å². The Balaban J connectivity index is 1.68. The molecule has 0 saturated heterocycles. The van der Waals surface area contributed by atoms with Crippen LogP contribution in [0.1, 0.15) is 39.0 Å². The SMILES string of the molecule is CC1(CNC(=O)N[C@@H]2C=C[C@H](CO)C2)CCCC1. The highest BCUT2D eigenvalue weighted by Gasteiger charge is 2.29. The number of nitrogens with one attached hydrogen (secondary N) is 2. The van der Waals surface area contributed by atoms with Crippen molar-refractivity contribution in [2.45, 2.75) is 45.1 Å². The molecule has 3 N–H and O–H groups in total. The quantitative estimate of drug-likeness (QED) is 0.668. The average Bonchev–Trinajstić information content (AvgIpc) is 2.96. The van der Waals surface area contributed by atoms with Gasteiger partial charge >= 0.3 is 6.03 Å². The van der Waals surface area contributed by atoms with E-state index in [0.717, 1.165) is 13.0 Å². The number of amides is 2. The molecule has 2 amide bonds. The topological polar surface area (TPSA) is 61.4 Å². The van der Waals surface area contributed by atoms with Crippen molar-refractivity contribution >= 4 is 6.03 Å². The summed E-state index contributed by atoms with van der Waals surface area (Å²) in [6, 6.07) is -0.0186. The Bertz CT molecular complexity index is 322. The lowest BCUT2D eigenvalue weighted by molar-refractivity contribution is 0.224. The summed E-state index contributed by atoms with van der Waals surface area (Å²) in [5, 5.41) is 14.9. The van der Waals surface area contributed by atoms with Gasteiger partial charge in [0.2, 0.25) is 0 Å². The normalized spacial score (nSPS) is 29.4. The second kappa shape index (κ2) is 5.74. The molecule has 2 aliphatic carbocycles. The van der Waals surface area contributed by atoms with Gasteiger partial charge in [-0.25, -0.2) is 4.79 Å². The van der Waals surface area contributed by atoms with Gasteiger partial charge in [0.05, 0.1) is 0 Å². The highest BCUT2D eigenvalue weighted by molar-refractivity contribution is 5.74. The van der Waals surface area contributed by atoms with Crippen LogP contribution in [0.2, 0.25) is 0 Å². The second-order valence-corrected chi connectivity index (χ2v) is 6.01. The van der Waals surface area contributed by atoms with Gasteiger partial charge in [0.25, 0.3) is 0 Å². The van der Waals surface area contributed by atoms with Gasteiger partial charge in [-0.3, -0.25) is 0 Å². The first kappa shape index (κ1) is 13.4. The first-order valence-electron chi connectivity index (χ1n) is 6.95. The van der Waals surface area contributed by atoms with E-state index in [0.29, 0.717) is 0 Å². The van der Waals surface area contributed by atoms with Crippen molar-refractivity contribution in [2.75, 3.05) is 13.2 Å². The van der Waals surface area contributed by atoms with Crippen LogP contribution < -0.4 is 10.6 Å². The average molecular weight is 252 g/mol. The van der Waals surface area contributed by atoms with Gasteiger partial charge < -0.3 is 15.7 Å². The molecule has 0 aromatic heterocycles. The van der Waals surface area contributed by atoms with E-state index in [-0.39, 0.29) is 30.0 Å². The maximum Gasteiger partial charge on any atom is 0.315 e. The lowest BCUT2D eigenvalue weighted by Crippen LogP contribution is -2.44. The summed E-state index contributed by atoms with van der Waals surface area (Å²) < 4.78 is 0. The Labute approximate surface area is 109 Å². The predicted octanol–water partition coefficient (Wildman–Crippen LogP) is 1.80. The summed E-state index contributed by atoms with van der Waals surface area (Å²) in [6.45, 7) is 3.17. The zero-order chi connectivity index (χ0) is 13.0. The minimum atomic E-state index is -0.0867. The third-order valence-corrected chi connectivity index (χ3v) is 4.21. The molecule has 0 radical (unpaired) electrons. The van der Waals surface area contributed by atoms with E-state index in [2.05, 4.69) is 17.6 Å². The molecule has 0 unspecified atom stereocenters. The molecule has 2 rings (SSSR count). The number of rotatable bonds is 4. The Morgan fingerprint density at radius 2 is 2.11 bits per heavy atom. The van der Waals surface area contributed by atoms with Crippen LogP contribution in [0.3, 0.4) is 0 Å². The van der Waals surface area contributed by atoms with Crippen LogP contribution in [0.4, 0.5) is 4.79 Å². The van der Waals surface area contributed by atoms with E-state index in [4.69, 9.17) is 5.11 Å². The fraction of sp³-hybridized carbons (Fsp3) is 0.786. The van der Waals surface area contributed by atoms with Crippen LogP contribution >= 0.6 is 0 Å². The summed E-state index contributed by atoms with van der Waals surface area (Å²) in [4.78, 5) is 11.8. The zero-order valence-corrected chi connectivity index (χ0v) is 11.1. The Hall–Kier alpha value is -1.03. The summed E-state index contributed by atoms with van der Waals surface area (Å²) >= 11 is 0. The fourth-order valence-electron chi connectivity index (χ4n) is 2.94. The summed E-state index contributed by atoms with van der Waals surface area (Å²) in [7, 11) is 0. The van der Waals surface area contributed by atoms with Crippen molar-refractivity contribution in [1.82, 2.24) is 10.6 Å². The van der Waals surface area contributed by atoms with E-state index in [1.165, 1.54) is 25.7 Å². The van der Waals surface area contributed by atoms with Gasteiger partial charge in [-0.1, -0.05) is 31.9 Å². The molecule has 4 heteroatoms. The van der Waals surface area contributed by atoms with Crippen molar-refractivity contribution in [3.8, 4) is 0 Å². The molecule has 1 saturated carbocycles. The van der Waals surface area contributed by atoms with E-state index < -0.39 is 0 Å². The zero-order valence-electron chi connectivity index (χ0n) is 11.1. The third-order valence-electron chi connectivity index (χ3n) is 4.21. The van der Waals surface area contributed by atoms with E-state index in [9.17, 15) is 4.79 Å².